The molecule has 0 amide bonds. The fourth-order valence-corrected chi connectivity index (χ4v) is 1.35. The highest BCUT2D eigenvalue weighted by molar-refractivity contribution is 6.62. The molecule has 1 aromatic rings. The van der Waals surface area contributed by atoms with Gasteiger partial charge in [0.25, 0.3) is 0 Å². The van der Waals surface area contributed by atoms with Gasteiger partial charge in [-0.2, -0.15) is 0 Å². The number of rotatable bonds is 2. The summed E-state index contributed by atoms with van der Waals surface area (Å²) in [7, 11) is -1.77. The molecule has 0 radical (unpaired) electrons. The molecule has 0 aliphatic carbocycles. The zero-order chi connectivity index (χ0) is 9.03. The largest absolute Gasteiger partial charge is 0.0976 e. The molecule has 0 atom stereocenters. The van der Waals surface area contributed by atoms with Crippen LogP contribution in [0.1, 0.15) is 5.56 Å². The predicted molar refractivity (Wildman–Crippen MR) is 54.4 cm³/mol. The molecule has 0 aliphatic rings. The molecule has 0 aliphatic heterocycles. The Morgan fingerprint density at radius 2 is 1.91 bits per heavy atom. The summed E-state index contributed by atoms with van der Waals surface area (Å²) in [6, 6.07) is 10.1. The smallest absolute Gasteiger partial charge is 0.0554 e. The maximum absolute atomic E-state index is 7.73. The molecule has 1 heteroatoms. The third-order valence-electron chi connectivity index (χ3n) is 1.41. The first-order chi connectivity index (χ1) is 5.58. The van der Waals surface area contributed by atoms with Crippen molar-refractivity contribution < 1.29 is 0 Å². The Morgan fingerprint density at radius 3 is 2.45 bits per heavy atom. The maximum Gasteiger partial charge on any atom is 0.0554 e. The Kier molecular flexibility index (Phi) is 2.58. The van der Waals surface area contributed by atoms with Crippen molar-refractivity contribution in [3.63, 3.8) is 0 Å². The third-order valence-corrected chi connectivity index (χ3v) is 2.24. The molecule has 11 heavy (non-hydrogen) atoms. The molecule has 0 heterocycles. The second-order valence-corrected chi connectivity index (χ2v) is 5.31. The summed E-state index contributed by atoms with van der Waals surface area (Å²) >= 11 is 0. The lowest BCUT2D eigenvalue weighted by Crippen LogP contribution is -1.91. The van der Waals surface area contributed by atoms with E-state index in [9.17, 15) is 0 Å². The number of hydrogen-bond donors (Lipinski definition) is 0. The van der Waals surface area contributed by atoms with E-state index in [1.165, 1.54) is 5.56 Å². The highest BCUT2D eigenvalue weighted by Gasteiger charge is 1.86. The van der Waals surface area contributed by atoms with E-state index in [2.05, 4.69) is 12.1 Å². The lowest BCUT2D eigenvalue weighted by Gasteiger charge is -1.92. The van der Waals surface area contributed by atoms with Gasteiger partial charge in [0.1, 0.15) is 0 Å². The van der Waals surface area contributed by atoms with Crippen LogP contribution in [0.2, 0.25) is 13.1 Å². The summed E-state index contributed by atoms with van der Waals surface area (Å²) in [5.41, 5.74) is 3.22. The van der Waals surface area contributed by atoms with Crippen LogP contribution < -0.4 is 0 Å². The van der Waals surface area contributed by atoms with Crippen molar-refractivity contribution in [1.29, 1.82) is 1.23 Å². The third kappa shape index (κ3) is 3.19. The van der Waals surface area contributed by atoms with Gasteiger partial charge >= 0.3 is 0 Å². The first-order valence-electron chi connectivity index (χ1n) is 4.32. The first kappa shape index (κ1) is 6.86. The molecule has 0 aromatic heterocycles. The van der Waals surface area contributed by atoms with Gasteiger partial charge in [-0.15, -0.1) is 0 Å². The minimum atomic E-state index is -1.77. The van der Waals surface area contributed by atoms with Gasteiger partial charge in [-0.1, -0.05) is 55.2 Å². The lowest BCUT2D eigenvalue weighted by atomic mass is 10.2. The summed E-state index contributed by atoms with van der Waals surface area (Å²) < 4.78 is 7.73. The predicted octanol–water partition coefficient (Wildman–Crippen LogP) is 2.73. The van der Waals surface area contributed by atoms with Crippen LogP contribution in [-0.2, 0) is 0 Å². The minimum absolute atomic E-state index is 1.19. The zero-order valence-corrected chi connectivity index (χ0v) is 8.04. The maximum atomic E-state index is 7.73. The summed E-state index contributed by atoms with van der Waals surface area (Å²) in [5, 5.41) is 0. The SMILES string of the molecule is [2H][Si](C)(C)/C=C/c1ccccc1. The molecule has 0 spiro atoms. The molecule has 1 aromatic carbocycles. The molecule has 0 bridgehead atoms. The molecule has 0 N–H and O–H groups in total. The monoisotopic (exact) mass is 163 g/mol. The topological polar surface area (TPSA) is 0 Å². The average Bonchev–Trinajstić information content (AvgIpc) is 2.02. The van der Waals surface area contributed by atoms with Gasteiger partial charge in [0.2, 0.25) is 0 Å². The Labute approximate surface area is 71.4 Å². The van der Waals surface area contributed by atoms with Gasteiger partial charge in [-0.3, -0.25) is 0 Å². The van der Waals surface area contributed by atoms with E-state index in [0.29, 0.717) is 0 Å². The Bertz CT molecular complexity index is 259. The van der Waals surface area contributed by atoms with Crippen molar-refractivity contribution in [2.45, 2.75) is 13.1 Å². The Balaban J connectivity index is 2.71. The fourth-order valence-electron chi connectivity index (χ4n) is 0.827. The molecule has 0 saturated heterocycles. The fraction of sp³-hybridized carbons (Fsp3) is 0.200. The molecular weight excluding hydrogens is 148 g/mol. The van der Waals surface area contributed by atoms with Crippen molar-refractivity contribution in [3.8, 4) is 0 Å². The van der Waals surface area contributed by atoms with Crippen molar-refractivity contribution in [2.24, 2.45) is 0 Å². The van der Waals surface area contributed by atoms with Crippen LogP contribution in [0.4, 0.5) is 0 Å². The van der Waals surface area contributed by atoms with Gasteiger partial charge in [0, 0.05) is 1.23 Å². The Hall–Kier alpha value is -0.823. The van der Waals surface area contributed by atoms with E-state index in [1.54, 1.807) is 0 Å². The van der Waals surface area contributed by atoms with E-state index in [4.69, 9.17) is 1.23 Å². The summed E-state index contributed by atoms with van der Waals surface area (Å²) in [6.07, 6.45) is 2.04. The molecular formula is C10H14Si. The van der Waals surface area contributed by atoms with Gasteiger partial charge in [0.05, 0.1) is 8.73 Å². The van der Waals surface area contributed by atoms with E-state index in [0.717, 1.165) is 0 Å². The molecule has 1 rings (SSSR count). The summed E-state index contributed by atoms with van der Waals surface area (Å²) in [4.78, 5) is 0. The van der Waals surface area contributed by atoms with Crippen molar-refractivity contribution in [3.05, 3.63) is 41.6 Å². The first-order valence-corrected chi connectivity index (χ1v) is 6.40. The van der Waals surface area contributed by atoms with Gasteiger partial charge in [-0.25, -0.2) is 0 Å². The lowest BCUT2D eigenvalue weighted by molar-refractivity contribution is 1.66. The number of benzene rings is 1. The van der Waals surface area contributed by atoms with E-state index < -0.39 is 8.73 Å². The zero-order valence-electron chi connectivity index (χ0n) is 8.04. The van der Waals surface area contributed by atoms with Crippen LogP contribution in [0, 0.1) is 0 Å². The molecule has 0 nitrogen and oxygen atoms in total. The quantitative estimate of drug-likeness (QED) is 0.588. The molecule has 0 unspecified atom stereocenters. The van der Waals surface area contributed by atoms with Crippen LogP contribution in [0.5, 0.6) is 0 Å². The summed E-state index contributed by atoms with van der Waals surface area (Å²) in [5.74, 6) is 0. The van der Waals surface area contributed by atoms with Crippen LogP contribution in [-0.4, -0.2) is 9.96 Å². The van der Waals surface area contributed by atoms with E-state index >= 15 is 0 Å². The normalized spacial score (nSPS) is 13.5. The minimum Gasteiger partial charge on any atom is -0.0976 e. The standard InChI is InChI=1S/C10H14Si/c1-11(2)9-8-10-6-4-3-5-7-10/h3-9,11H,1-2H3/b9-8+/i11D. The number of hydrogen-bond acceptors (Lipinski definition) is 0. The van der Waals surface area contributed by atoms with Crippen molar-refractivity contribution >= 4 is 14.8 Å². The van der Waals surface area contributed by atoms with Gasteiger partial charge < -0.3 is 0 Å². The van der Waals surface area contributed by atoms with Crippen LogP contribution in [0.15, 0.2) is 36.0 Å². The summed E-state index contributed by atoms with van der Waals surface area (Å²) in [6.45, 7) is 4.01. The van der Waals surface area contributed by atoms with E-state index in [1.807, 2.05) is 43.1 Å². The van der Waals surface area contributed by atoms with Crippen molar-refractivity contribution in [1.82, 2.24) is 0 Å². The molecule has 0 saturated carbocycles. The highest BCUT2D eigenvalue weighted by atomic mass is 28.3. The van der Waals surface area contributed by atoms with Gasteiger partial charge in [0.15, 0.2) is 0 Å². The highest BCUT2D eigenvalue weighted by Crippen LogP contribution is 2.01. The average molecular weight is 163 g/mol. The second kappa shape index (κ2) is 4.14. The van der Waals surface area contributed by atoms with E-state index in [-0.39, 0.29) is 0 Å². The molecule has 58 valence electrons. The second-order valence-electron chi connectivity index (χ2n) is 2.82. The van der Waals surface area contributed by atoms with Crippen LogP contribution in [0.3, 0.4) is 0 Å². The van der Waals surface area contributed by atoms with Crippen LogP contribution in [0.25, 0.3) is 6.08 Å². The van der Waals surface area contributed by atoms with Gasteiger partial charge in [-0.05, 0) is 5.56 Å². The molecule has 0 fully saturated rings. The van der Waals surface area contributed by atoms with Crippen LogP contribution >= 0.6 is 0 Å². The Morgan fingerprint density at radius 1 is 1.27 bits per heavy atom. The van der Waals surface area contributed by atoms with Crippen molar-refractivity contribution in [2.75, 3.05) is 0 Å².